The molecule has 1 fully saturated rings. The lowest BCUT2D eigenvalue weighted by Crippen LogP contribution is -2.51. The summed E-state index contributed by atoms with van der Waals surface area (Å²) in [4.78, 5) is 22.6. The lowest BCUT2D eigenvalue weighted by atomic mass is 10.0. The summed E-state index contributed by atoms with van der Waals surface area (Å²) >= 11 is 0. The van der Waals surface area contributed by atoms with E-state index in [1.165, 1.54) is 0 Å². The van der Waals surface area contributed by atoms with Gasteiger partial charge in [0.05, 0.1) is 0 Å². The fourth-order valence-corrected chi connectivity index (χ4v) is 2.22. The number of hydrogen-bond acceptors (Lipinski definition) is 2. The molecule has 3 N–H and O–H groups in total. The highest BCUT2D eigenvalue weighted by molar-refractivity contribution is 5.82. The molecule has 1 aliphatic rings. The number of urea groups is 1. The van der Waals surface area contributed by atoms with Crippen molar-refractivity contribution in [3.05, 3.63) is 0 Å². The van der Waals surface area contributed by atoms with E-state index in [4.69, 9.17) is 5.11 Å². The van der Waals surface area contributed by atoms with E-state index >= 15 is 0 Å². The monoisotopic (exact) mass is 242 g/mol. The van der Waals surface area contributed by atoms with Crippen LogP contribution in [0.2, 0.25) is 0 Å². The van der Waals surface area contributed by atoms with Crippen LogP contribution >= 0.6 is 0 Å². The van der Waals surface area contributed by atoms with Gasteiger partial charge in [-0.15, -0.1) is 0 Å². The summed E-state index contributed by atoms with van der Waals surface area (Å²) < 4.78 is 0. The van der Waals surface area contributed by atoms with Crippen LogP contribution in [0.25, 0.3) is 0 Å². The summed E-state index contributed by atoms with van der Waals surface area (Å²) in [6.07, 6.45) is 3.23. The molecule has 0 bridgehead atoms. The molecular formula is C12H22N2O3. The molecule has 0 radical (unpaired) electrons. The van der Waals surface area contributed by atoms with E-state index in [1.807, 2.05) is 0 Å². The molecule has 2 unspecified atom stereocenters. The zero-order valence-corrected chi connectivity index (χ0v) is 10.7. The average molecular weight is 242 g/mol. The van der Waals surface area contributed by atoms with Gasteiger partial charge >= 0.3 is 12.0 Å². The van der Waals surface area contributed by atoms with Crippen LogP contribution in [0.15, 0.2) is 0 Å². The van der Waals surface area contributed by atoms with Crippen LogP contribution in [0.4, 0.5) is 4.79 Å². The maximum absolute atomic E-state index is 11.7. The van der Waals surface area contributed by atoms with E-state index in [9.17, 15) is 9.59 Å². The topological polar surface area (TPSA) is 78.4 Å². The molecule has 5 nitrogen and oxygen atoms in total. The Morgan fingerprint density at radius 3 is 2.35 bits per heavy atom. The molecule has 1 rings (SSSR count). The van der Waals surface area contributed by atoms with E-state index < -0.39 is 12.0 Å². The van der Waals surface area contributed by atoms with Crippen LogP contribution < -0.4 is 10.6 Å². The summed E-state index contributed by atoms with van der Waals surface area (Å²) in [5.41, 5.74) is 0. The predicted molar refractivity (Wildman–Crippen MR) is 64.7 cm³/mol. The highest BCUT2D eigenvalue weighted by Crippen LogP contribution is 2.24. The minimum absolute atomic E-state index is 0.126. The zero-order valence-electron chi connectivity index (χ0n) is 10.7. The van der Waals surface area contributed by atoms with Crippen LogP contribution in [0.5, 0.6) is 0 Å². The van der Waals surface area contributed by atoms with Crippen molar-refractivity contribution in [3.63, 3.8) is 0 Å². The minimum Gasteiger partial charge on any atom is -0.480 e. The van der Waals surface area contributed by atoms with Gasteiger partial charge in [-0.3, -0.25) is 0 Å². The Morgan fingerprint density at radius 2 is 1.94 bits per heavy atom. The molecule has 1 saturated carbocycles. The first-order valence-corrected chi connectivity index (χ1v) is 6.21. The summed E-state index contributed by atoms with van der Waals surface area (Å²) in [6, 6.07) is -1.02. The van der Waals surface area contributed by atoms with Crippen LogP contribution in [-0.2, 0) is 4.79 Å². The molecule has 98 valence electrons. The molecule has 17 heavy (non-hydrogen) atoms. The second-order valence-electron chi connectivity index (χ2n) is 5.19. The first kappa shape index (κ1) is 13.8. The third kappa shape index (κ3) is 3.91. The molecule has 0 aromatic carbocycles. The number of rotatable bonds is 4. The fraction of sp³-hybridized carbons (Fsp3) is 0.833. The molecule has 0 spiro atoms. The average Bonchev–Trinajstić information content (AvgIpc) is 2.60. The van der Waals surface area contributed by atoms with Gasteiger partial charge in [-0.05, 0) is 24.7 Å². The Hall–Kier alpha value is -1.26. The lowest BCUT2D eigenvalue weighted by Gasteiger charge is -2.22. The van der Waals surface area contributed by atoms with Gasteiger partial charge in [-0.2, -0.15) is 0 Å². The van der Waals surface area contributed by atoms with Gasteiger partial charge in [-0.1, -0.05) is 27.2 Å². The number of aliphatic carboxylic acids is 1. The van der Waals surface area contributed by atoms with Gasteiger partial charge in [0, 0.05) is 6.04 Å². The van der Waals surface area contributed by atoms with Crippen molar-refractivity contribution in [1.29, 1.82) is 0 Å². The van der Waals surface area contributed by atoms with Crippen LogP contribution in [0, 0.1) is 11.8 Å². The van der Waals surface area contributed by atoms with Crippen LogP contribution in [0.1, 0.15) is 40.0 Å². The smallest absolute Gasteiger partial charge is 0.326 e. The van der Waals surface area contributed by atoms with Crippen molar-refractivity contribution in [2.24, 2.45) is 11.8 Å². The maximum Gasteiger partial charge on any atom is 0.326 e. The van der Waals surface area contributed by atoms with E-state index in [-0.39, 0.29) is 18.0 Å². The van der Waals surface area contributed by atoms with Crippen molar-refractivity contribution in [3.8, 4) is 0 Å². The van der Waals surface area contributed by atoms with Gasteiger partial charge in [-0.25, -0.2) is 9.59 Å². The second kappa shape index (κ2) is 5.89. The number of carboxylic acid groups (broad SMARTS) is 1. The van der Waals surface area contributed by atoms with E-state index in [2.05, 4.69) is 17.6 Å². The third-order valence-corrected chi connectivity index (χ3v) is 3.40. The quantitative estimate of drug-likeness (QED) is 0.700. The largest absolute Gasteiger partial charge is 0.480 e. The molecule has 0 heterocycles. The van der Waals surface area contributed by atoms with Crippen LogP contribution in [-0.4, -0.2) is 29.2 Å². The Balaban J connectivity index is 2.45. The Bertz CT molecular complexity index is 291. The predicted octanol–water partition coefficient (Wildman–Crippen LogP) is 1.58. The van der Waals surface area contributed by atoms with E-state index in [0.717, 1.165) is 19.3 Å². The molecule has 0 aromatic heterocycles. The number of carboxylic acids is 1. The number of nitrogens with one attached hydrogen (secondary N) is 2. The first-order valence-electron chi connectivity index (χ1n) is 6.21. The standard InChI is InChI=1S/C12H22N2O3/c1-7(2)10(11(15)16)14-12(17)13-9-6-4-5-8(9)3/h7-10H,4-6H2,1-3H3,(H,15,16)(H2,13,14,17)/t8?,9?,10-/m1/s1. The SMILES string of the molecule is CC1CCCC1NC(=O)N[C@@H](C(=O)O)C(C)C. The lowest BCUT2D eigenvalue weighted by molar-refractivity contribution is -0.140. The van der Waals surface area contributed by atoms with E-state index in [0.29, 0.717) is 5.92 Å². The molecule has 3 atom stereocenters. The molecule has 1 aliphatic carbocycles. The number of carbonyl (C=O) groups is 2. The van der Waals surface area contributed by atoms with Crippen LogP contribution in [0.3, 0.4) is 0 Å². The highest BCUT2D eigenvalue weighted by Gasteiger charge is 2.27. The molecule has 0 aromatic rings. The van der Waals surface area contributed by atoms with Crippen molar-refractivity contribution in [2.75, 3.05) is 0 Å². The summed E-state index contributed by atoms with van der Waals surface area (Å²) in [6.45, 7) is 5.66. The normalized spacial score (nSPS) is 25.6. The van der Waals surface area contributed by atoms with Crippen molar-refractivity contribution in [1.82, 2.24) is 10.6 Å². The zero-order chi connectivity index (χ0) is 13.0. The van der Waals surface area contributed by atoms with Gasteiger partial charge in [0.15, 0.2) is 0 Å². The van der Waals surface area contributed by atoms with Gasteiger partial charge < -0.3 is 15.7 Å². The van der Waals surface area contributed by atoms with Gasteiger partial charge in [0.2, 0.25) is 0 Å². The summed E-state index contributed by atoms with van der Waals surface area (Å²) in [7, 11) is 0. The van der Waals surface area contributed by atoms with E-state index in [1.54, 1.807) is 13.8 Å². The number of carbonyl (C=O) groups excluding carboxylic acids is 1. The van der Waals surface area contributed by atoms with Crippen molar-refractivity contribution in [2.45, 2.75) is 52.1 Å². The van der Waals surface area contributed by atoms with Crippen molar-refractivity contribution >= 4 is 12.0 Å². The molecule has 0 aliphatic heterocycles. The molecule has 0 saturated heterocycles. The first-order chi connectivity index (χ1) is 7.91. The van der Waals surface area contributed by atoms with Gasteiger partial charge in [0.1, 0.15) is 6.04 Å². The minimum atomic E-state index is -0.991. The number of amides is 2. The fourth-order valence-electron chi connectivity index (χ4n) is 2.22. The summed E-state index contributed by atoms with van der Waals surface area (Å²) in [5.74, 6) is -0.642. The second-order valence-corrected chi connectivity index (χ2v) is 5.19. The Labute approximate surface area is 102 Å². The highest BCUT2D eigenvalue weighted by atomic mass is 16.4. The molecule has 5 heteroatoms. The molecular weight excluding hydrogens is 220 g/mol. The van der Waals surface area contributed by atoms with Gasteiger partial charge in [0.25, 0.3) is 0 Å². The molecule has 2 amide bonds. The third-order valence-electron chi connectivity index (χ3n) is 3.40. The maximum atomic E-state index is 11.7. The Morgan fingerprint density at radius 1 is 1.29 bits per heavy atom. The summed E-state index contributed by atoms with van der Waals surface area (Å²) in [5, 5.41) is 14.3. The number of hydrogen-bond donors (Lipinski definition) is 3. The Kier molecular flexibility index (Phi) is 4.78. The van der Waals surface area contributed by atoms with Crippen molar-refractivity contribution < 1.29 is 14.7 Å².